The molecule has 0 saturated carbocycles. The van der Waals surface area contributed by atoms with Crippen molar-refractivity contribution in [3.8, 4) is 0 Å². The zero-order chi connectivity index (χ0) is 21.8. The fraction of sp³-hybridized carbons (Fsp3) is 0.739. The number of hydrogen-bond acceptors (Lipinski definition) is 7. The van der Waals surface area contributed by atoms with Crippen molar-refractivity contribution < 1.29 is 14.3 Å². The van der Waals surface area contributed by atoms with Gasteiger partial charge in [-0.05, 0) is 65.5 Å². The molecule has 0 spiro atoms. The first-order valence-electron chi connectivity index (χ1n) is 11.9. The molecule has 1 aromatic rings. The molecule has 0 N–H and O–H groups in total. The van der Waals surface area contributed by atoms with Gasteiger partial charge in [-0.3, -0.25) is 4.79 Å². The van der Waals surface area contributed by atoms with Crippen molar-refractivity contribution in [2.45, 2.75) is 77.0 Å². The summed E-state index contributed by atoms with van der Waals surface area (Å²) >= 11 is 0. The Morgan fingerprint density at radius 3 is 2.26 bits per heavy atom. The first kappa shape index (κ1) is 22.0. The first-order chi connectivity index (χ1) is 15.0. The van der Waals surface area contributed by atoms with E-state index in [0.717, 1.165) is 45.3 Å². The second kappa shape index (κ2) is 9.94. The van der Waals surface area contributed by atoms with Crippen molar-refractivity contribution in [3.05, 3.63) is 18.0 Å². The summed E-state index contributed by atoms with van der Waals surface area (Å²) in [5, 5.41) is 0. The molecule has 3 saturated heterocycles. The standard InChI is InChI=1S/C23H35N5O3/c1-17(2)31-22(30)20-7-6-12-28(20)23-24-15-18(16-25-23)21(29)27-13-8-19(9-14-27)26-10-4-3-5-11-26/h15-17,19-20H,3-14H2,1-2H3. The Balaban J connectivity index is 1.34. The number of aromatic nitrogens is 2. The van der Waals surface area contributed by atoms with E-state index in [2.05, 4.69) is 14.9 Å². The number of carbonyl (C=O) groups excluding carboxylic acids is 2. The maximum absolute atomic E-state index is 13.0. The van der Waals surface area contributed by atoms with Crippen LogP contribution < -0.4 is 4.90 Å². The second-order valence-electron chi connectivity index (χ2n) is 9.23. The molecule has 0 radical (unpaired) electrons. The van der Waals surface area contributed by atoms with Crippen molar-refractivity contribution in [1.82, 2.24) is 19.8 Å². The van der Waals surface area contributed by atoms with E-state index in [1.165, 1.54) is 32.4 Å². The van der Waals surface area contributed by atoms with Gasteiger partial charge in [-0.25, -0.2) is 14.8 Å². The molecule has 0 aromatic carbocycles. The van der Waals surface area contributed by atoms with Crippen molar-refractivity contribution in [2.24, 2.45) is 0 Å². The molecular weight excluding hydrogens is 394 g/mol. The topological polar surface area (TPSA) is 78.9 Å². The van der Waals surface area contributed by atoms with Gasteiger partial charge in [0.15, 0.2) is 0 Å². The smallest absolute Gasteiger partial charge is 0.329 e. The van der Waals surface area contributed by atoms with Crippen LogP contribution in [0.5, 0.6) is 0 Å². The van der Waals surface area contributed by atoms with Crippen LogP contribution in [0.15, 0.2) is 12.4 Å². The maximum atomic E-state index is 13.0. The van der Waals surface area contributed by atoms with Gasteiger partial charge in [-0.2, -0.15) is 0 Å². The van der Waals surface area contributed by atoms with Crippen LogP contribution in [0.25, 0.3) is 0 Å². The number of likely N-dealkylation sites (tertiary alicyclic amines) is 2. The van der Waals surface area contributed by atoms with Gasteiger partial charge < -0.3 is 19.4 Å². The van der Waals surface area contributed by atoms with E-state index in [-0.39, 0.29) is 24.0 Å². The molecule has 1 unspecified atom stereocenters. The van der Waals surface area contributed by atoms with E-state index in [0.29, 0.717) is 17.6 Å². The summed E-state index contributed by atoms with van der Waals surface area (Å²) in [7, 11) is 0. The number of nitrogens with zero attached hydrogens (tertiary/aromatic N) is 5. The van der Waals surface area contributed by atoms with E-state index in [9.17, 15) is 9.59 Å². The number of rotatable bonds is 5. The zero-order valence-corrected chi connectivity index (χ0v) is 18.8. The van der Waals surface area contributed by atoms with Crippen LogP contribution in [-0.2, 0) is 9.53 Å². The van der Waals surface area contributed by atoms with E-state index in [1.54, 1.807) is 12.4 Å². The highest BCUT2D eigenvalue weighted by Gasteiger charge is 2.34. The summed E-state index contributed by atoms with van der Waals surface area (Å²) in [6, 6.07) is 0.262. The molecule has 3 fully saturated rings. The molecule has 0 bridgehead atoms. The van der Waals surface area contributed by atoms with Crippen molar-refractivity contribution in [2.75, 3.05) is 37.6 Å². The SMILES string of the molecule is CC(C)OC(=O)C1CCCN1c1ncc(C(=O)N2CCC(N3CCCCC3)CC2)cn1. The molecule has 1 atom stereocenters. The molecule has 8 heteroatoms. The highest BCUT2D eigenvalue weighted by Crippen LogP contribution is 2.25. The lowest BCUT2D eigenvalue weighted by Crippen LogP contribution is -2.48. The van der Waals surface area contributed by atoms with Gasteiger partial charge >= 0.3 is 5.97 Å². The summed E-state index contributed by atoms with van der Waals surface area (Å²) in [6.07, 6.45) is 10.7. The van der Waals surface area contributed by atoms with Crippen LogP contribution in [0.3, 0.4) is 0 Å². The molecule has 0 aliphatic carbocycles. The average molecular weight is 430 g/mol. The highest BCUT2D eigenvalue weighted by molar-refractivity contribution is 5.93. The largest absolute Gasteiger partial charge is 0.461 e. The van der Waals surface area contributed by atoms with Crippen LogP contribution in [0, 0.1) is 0 Å². The molecule has 170 valence electrons. The summed E-state index contributed by atoms with van der Waals surface area (Å²) in [5.74, 6) is 0.261. The number of hydrogen-bond donors (Lipinski definition) is 0. The van der Waals surface area contributed by atoms with E-state index < -0.39 is 0 Å². The lowest BCUT2D eigenvalue weighted by molar-refractivity contribution is -0.148. The van der Waals surface area contributed by atoms with Crippen LogP contribution in [0.2, 0.25) is 0 Å². The van der Waals surface area contributed by atoms with Crippen molar-refractivity contribution in [3.63, 3.8) is 0 Å². The number of amides is 1. The number of ether oxygens (including phenoxy) is 1. The van der Waals surface area contributed by atoms with E-state index >= 15 is 0 Å². The van der Waals surface area contributed by atoms with E-state index in [1.807, 2.05) is 23.6 Å². The number of esters is 1. The van der Waals surface area contributed by atoms with Crippen molar-refractivity contribution >= 4 is 17.8 Å². The van der Waals surface area contributed by atoms with Crippen molar-refractivity contribution in [1.29, 1.82) is 0 Å². The van der Waals surface area contributed by atoms with E-state index in [4.69, 9.17) is 4.74 Å². The molecule has 4 heterocycles. The minimum absolute atomic E-state index is 0.000772. The Morgan fingerprint density at radius 1 is 0.935 bits per heavy atom. The predicted octanol–water partition coefficient (Wildman–Crippen LogP) is 2.49. The fourth-order valence-electron chi connectivity index (χ4n) is 5.04. The molecule has 4 rings (SSSR count). The Bertz CT molecular complexity index is 755. The minimum atomic E-state index is -0.349. The third-order valence-electron chi connectivity index (χ3n) is 6.68. The quantitative estimate of drug-likeness (QED) is 0.666. The molecule has 3 aliphatic rings. The van der Waals surface area contributed by atoms with Gasteiger partial charge in [0.1, 0.15) is 6.04 Å². The molecule has 31 heavy (non-hydrogen) atoms. The van der Waals surface area contributed by atoms with Gasteiger partial charge in [0.25, 0.3) is 5.91 Å². The van der Waals surface area contributed by atoms with Crippen LogP contribution in [-0.4, -0.2) is 82.6 Å². The van der Waals surface area contributed by atoms with Gasteiger partial charge in [0.05, 0.1) is 11.7 Å². The predicted molar refractivity (Wildman–Crippen MR) is 118 cm³/mol. The summed E-state index contributed by atoms with van der Waals surface area (Å²) in [5.41, 5.74) is 0.515. The van der Waals surface area contributed by atoms with Crippen LogP contribution in [0.4, 0.5) is 5.95 Å². The lowest BCUT2D eigenvalue weighted by Gasteiger charge is -2.40. The maximum Gasteiger partial charge on any atom is 0.329 e. The first-order valence-corrected chi connectivity index (χ1v) is 11.9. The summed E-state index contributed by atoms with van der Waals surface area (Å²) in [4.78, 5) is 40.6. The number of piperidine rings is 2. The van der Waals surface area contributed by atoms with Gasteiger partial charge in [0, 0.05) is 38.1 Å². The Labute approximate surface area is 185 Å². The highest BCUT2D eigenvalue weighted by atomic mass is 16.5. The molecular formula is C23H35N5O3. The Kier molecular flexibility index (Phi) is 7.05. The zero-order valence-electron chi connectivity index (χ0n) is 18.8. The molecule has 8 nitrogen and oxygen atoms in total. The number of carbonyl (C=O) groups is 2. The monoisotopic (exact) mass is 429 g/mol. The molecule has 1 amide bonds. The number of anilines is 1. The Hall–Kier alpha value is -2.22. The van der Waals surface area contributed by atoms with Gasteiger partial charge in [-0.15, -0.1) is 0 Å². The van der Waals surface area contributed by atoms with Crippen LogP contribution in [0.1, 0.15) is 69.2 Å². The Morgan fingerprint density at radius 2 is 1.61 bits per heavy atom. The third kappa shape index (κ3) is 5.17. The summed E-state index contributed by atoms with van der Waals surface area (Å²) < 4.78 is 5.38. The molecule has 1 aromatic heterocycles. The second-order valence-corrected chi connectivity index (χ2v) is 9.23. The fourth-order valence-corrected chi connectivity index (χ4v) is 5.04. The average Bonchev–Trinajstić information content (AvgIpc) is 3.29. The van der Waals surface area contributed by atoms with Gasteiger partial charge in [0.2, 0.25) is 5.95 Å². The third-order valence-corrected chi connectivity index (χ3v) is 6.68. The normalized spacial score (nSPS) is 23.4. The van der Waals surface area contributed by atoms with Crippen LogP contribution >= 0.6 is 0 Å². The lowest BCUT2D eigenvalue weighted by atomic mass is 9.99. The van der Waals surface area contributed by atoms with Gasteiger partial charge in [-0.1, -0.05) is 6.42 Å². The summed E-state index contributed by atoms with van der Waals surface area (Å²) in [6.45, 7) is 8.41. The minimum Gasteiger partial charge on any atom is -0.461 e. The molecule has 3 aliphatic heterocycles.